The molecule has 5 aromatic rings. The lowest BCUT2D eigenvalue weighted by molar-refractivity contribution is 0.428. The van der Waals surface area contributed by atoms with Crippen LogP contribution < -0.4 is 37.0 Å². The number of nitrogens with zero attached hydrogens (tertiary/aromatic N) is 4. The van der Waals surface area contributed by atoms with Gasteiger partial charge in [0, 0.05) is 11.8 Å². The number of ether oxygens (including phenoxy) is 2. The molecule has 17 nitrogen and oxygen atoms in total. The first-order chi connectivity index (χ1) is 24.3. The van der Waals surface area contributed by atoms with Crippen molar-refractivity contribution in [1.29, 1.82) is 0 Å². The zero-order valence-electron chi connectivity index (χ0n) is 25.0. The maximum Gasteiger partial charge on any atom is 0.313 e. The third-order valence-electron chi connectivity index (χ3n) is 7.35. The van der Waals surface area contributed by atoms with Gasteiger partial charge in [0.15, 0.2) is 32.8 Å². The maximum absolute atomic E-state index is 14.0. The first-order valence-corrected chi connectivity index (χ1v) is 18.9. The number of nitrogen functional groups attached to an aromatic ring is 2. The molecule has 0 amide bonds. The average molecular weight is 815 g/mol. The predicted molar refractivity (Wildman–Crippen MR) is 177 cm³/mol. The van der Waals surface area contributed by atoms with E-state index in [0.717, 1.165) is 30.3 Å². The lowest BCUT2D eigenvalue weighted by Crippen LogP contribution is -2.24. The molecule has 0 fully saturated rings. The Labute approximate surface area is 299 Å². The van der Waals surface area contributed by atoms with Gasteiger partial charge in [-0.05, 0) is 36.4 Å². The second kappa shape index (κ2) is 11.9. The van der Waals surface area contributed by atoms with Crippen molar-refractivity contribution in [2.75, 3.05) is 16.8 Å². The number of benzene rings is 4. The predicted octanol–water partition coefficient (Wildman–Crippen LogP) is 4.41. The van der Waals surface area contributed by atoms with Gasteiger partial charge in [0.1, 0.15) is 38.0 Å². The molecule has 0 saturated heterocycles. The summed E-state index contributed by atoms with van der Waals surface area (Å²) < 4.78 is 136. The van der Waals surface area contributed by atoms with E-state index in [1.54, 1.807) is 0 Å². The Morgan fingerprint density at radius 3 is 1.92 bits per heavy atom. The number of nitrogens with two attached hydrogens (primary N) is 2. The van der Waals surface area contributed by atoms with Gasteiger partial charge in [-0.1, -0.05) is 29.3 Å². The summed E-state index contributed by atoms with van der Waals surface area (Å²) >= 11 is 13.2. The fourth-order valence-electron chi connectivity index (χ4n) is 5.22. The normalized spacial score (nSPS) is 13.3. The standard InChI is InChI=1S/C28H15Cl2F2N7O10S3/c29-17-20-24(48-22-12(36-20)5-4-11(33)26(22)51(42,43)44)18(30)21-25(17)49-23-13(37-21)7-14(19(34)27(23)52(45,46)47)50(40,41)10-3-1-2-9(6-10)35-16-8-15(31)38-28(32)39-16/h1-8H,33-34H2,(H,35,38,39)(H,42,43,44)(H,45,46,47). The van der Waals surface area contributed by atoms with Gasteiger partial charge in [0.05, 0.1) is 21.2 Å². The highest BCUT2D eigenvalue weighted by molar-refractivity contribution is 7.91. The summed E-state index contributed by atoms with van der Waals surface area (Å²) in [6.07, 6.45) is -1.40. The monoisotopic (exact) mass is 813 g/mol. The molecule has 3 heterocycles. The van der Waals surface area contributed by atoms with E-state index < -0.39 is 117 Å². The highest BCUT2D eigenvalue weighted by Gasteiger charge is 2.37. The van der Waals surface area contributed by atoms with Gasteiger partial charge in [-0.3, -0.25) is 9.11 Å². The number of aromatic nitrogens is 2. The van der Waals surface area contributed by atoms with E-state index in [4.69, 9.17) is 44.1 Å². The minimum Gasteiger partial charge on any atom is -0.450 e. The number of rotatable bonds is 6. The van der Waals surface area contributed by atoms with Crippen LogP contribution in [0, 0.1) is 12.0 Å². The van der Waals surface area contributed by atoms with E-state index in [9.17, 15) is 43.1 Å². The molecule has 52 heavy (non-hydrogen) atoms. The average Bonchev–Trinajstić information content (AvgIpc) is 3.04. The van der Waals surface area contributed by atoms with E-state index in [-0.39, 0.29) is 22.5 Å². The lowest BCUT2D eigenvalue weighted by atomic mass is 10.2. The zero-order valence-corrected chi connectivity index (χ0v) is 28.9. The molecule has 2 aliphatic rings. The number of nitrogens with one attached hydrogen (secondary N) is 1. The van der Waals surface area contributed by atoms with E-state index >= 15 is 0 Å². The first-order valence-electron chi connectivity index (χ1n) is 13.8. The van der Waals surface area contributed by atoms with Crippen LogP contribution in [0.3, 0.4) is 0 Å². The van der Waals surface area contributed by atoms with Crippen LogP contribution >= 0.6 is 23.2 Å². The molecule has 7 rings (SSSR count). The molecule has 0 atom stereocenters. The van der Waals surface area contributed by atoms with Crippen molar-refractivity contribution < 1.29 is 52.6 Å². The van der Waals surface area contributed by atoms with Crippen molar-refractivity contribution >= 4 is 87.5 Å². The Hall–Kier alpha value is -5.23. The van der Waals surface area contributed by atoms with Gasteiger partial charge in [0.25, 0.3) is 20.2 Å². The van der Waals surface area contributed by atoms with E-state index in [0.29, 0.717) is 0 Å². The summed E-state index contributed by atoms with van der Waals surface area (Å²) in [4.78, 5) is 11.3. The summed E-state index contributed by atoms with van der Waals surface area (Å²) in [5, 5.41) is 0.999. The Morgan fingerprint density at radius 1 is 0.731 bits per heavy atom. The molecular weight excluding hydrogens is 799 g/mol. The van der Waals surface area contributed by atoms with Crippen LogP contribution in [-0.4, -0.2) is 44.3 Å². The fraction of sp³-hybridized carbons (Fsp3) is 0. The Kier molecular flexibility index (Phi) is 8.06. The quantitative estimate of drug-likeness (QED) is 0.0673. The van der Waals surface area contributed by atoms with Crippen LogP contribution in [0.15, 0.2) is 78.1 Å². The van der Waals surface area contributed by atoms with Gasteiger partial charge in [-0.2, -0.15) is 35.6 Å². The van der Waals surface area contributed by atoms with Crippen LogP contribution in [0.5, 0.6) is 23.0 Å². The van der Waals surface area contributed by atoms with Crippen LogP contribution in [0.1, 0.15) is 0 Å². The van der Waals surface area contributed by atoms with Crippen molar-refractivity contribution in [2.45, 2.75) is 19.6 Å². The summed E-state index contributed by atoms with van der Waals surface area (Å²) in [6, 6.07) is 8.57. The molecular formula is C28H15Cl2F2N7O10S3. The molecule has 0 radical (unpaired) electrons. The molecule has 0 bridgehead atoms. The second-order valence-corrected chi connectivity index (χ2v) is 16.1. The van der Waals surface area contributed by atoms with Crippen LogP contribution in [0.2, 0.25) is 10.0 Å². The van der Waals surface area contributed by atoms with Gasteiger partial charge >= 0.3 is 6.08 Å². The van der Waals surface area contributed by atoms with Crippen LogP contribution in [0.25, 0.3) is 0 Å². The topological polar surface area (TPSA) is 276 Å². The van der Waals surface area contributed by atoms with E-state index in [1.165, 1.54) is 18.2 Å². The first kappa shape index (κ1) is 35.2. The minimum atomic E-state index is -5.39. The summed E-state index contributed by atoms with van der Waals surface area (Å²) in [6.45, 7) is 0. The Balaban J connectivity index is 1.41. The van der Waals surface area contributed by atoms with E-state index in [1.807, 2.05) is 0 Å². The van der Waals surface area contributed by atoms with Crippen molar-refractivity contribution in [2.24, 2.45) is 9.98 Å². The number of anilines is 4. The highest BCUT2D eigenvalue weighted by Crippen LogP contribution is 2.50. The largest absolute Gasteiger partial charge is 0.450 e. The molecule has 1 aromatic heterocycles. The summed E-state index contributed by atoms with van der Waals surface area (Å²) in [7, 11) is -15.2. The molecule has 0 unspecified atom stereocenters. The van der Waals surface area contributed by atoms with Crippen LogP contribution in [-0.2, 0) is 30.1 Å². The summed E-state index contributed by atoms with van der Waals surface area (Å²) in [5.74, 6) is -3.72. The van der Waals surface area contributed by atoms with Gasteiger partial charge < -0.3 is 26.3 Å². The maximum atomic E-state index is 14.0. The third-order valence-corrected chi connectivity index (χ3v) is 11.7. The smallest absolute Gasteiger partial charge is 0.313 e. The Morgan fingerprint density at radius 2 is 1.33 bits per heavy atom. The molecule has 24 heteroatoms. The number of hydrogen-bond acceptors (Lipinski definition) is 15. The van der Waals surface area contributed by atoms with Crippen molar-refractivity contribution in [1.82, 2.24) is 9.97 Å². The molecule has 0 aliphatic carbocycles. The second-order valence-electron chi connectivity index (χ2n) is 10.7. The number of sulfone groups is 1. The lowest BCUT2D eigenvalue weighted by Gasteiger charge is -2.23. The number of halogens is 4. The van der Waals surface area contributed by atoms with Gasteiger partial charge in [0.2, 0.25) is 15.8 Å². The van der Waals surface area contributed by atoms with Crippen LogP contribution in [0.4, 0.5) is 43.0 Å². The van der Waals surface area contributed by atoms with Crippen molar-refractivity contribution in [3.05, 3.63) is 81.3 Å². The molecule has 268 valence electrons. The fourth-order valence-corrected chi connectivity index (χ4v) is 8.77. The third kappa shape index (κ3) is 5.78. The van der Waals surface area contributed by atoms with E-state index in [2.05, 4.69) is 25.3 Å². The van der Waals surface area contributed by atoms with Crippen molar-refractivity contribution in [3.63, 3.8) is 0 Å². The number of fused-ring (bicyclic) bond motifs is 4. The zero-order chi connectivity index (χ0) is 37.7. The Bertz CT molecular complexity index is 2920. The van der Waals surface area contributed by atoms with Gasteiger partial charge in [-0.15, -0.1) is 0 Å². The number of hydrogen-bond donors (Lipinski definition) is 5. The van der Waals surface area contributed by atoms with Crippen molar-refractivity contribution in [3.8, 4) is 23.0 Å². The van der Waals surface area contributed by atoms with Gasteiger partial charge in [-0.25, -0.2) is 18.4 Å². The molecule has 0 saturated carbocycles. The highest BCUT2D eigenvalue weighted by atomic mass is 35.5. The molecule has 4 aromatic carbocycles. The SMILES string of the molecule is Nc1ccc2c(c1S(=O)(=O)O)Oc1c(Cl)c3c(c(Cl)c1=N2)Oc1c(cc(S(=O)(=O)c2cccc(Nc4cc(F)nc(F)n4)c2)c(N)c1S(=O)(=O)O)N=3. The molecule has 7 N–H and O–H groups in total. The minimum absolute atomic E-state index is 0.0378. The molecule has 0 spiro atoms. The molecule has 2 aliphatic heterocycles. The summed E-state index contributed by atoms with van der Waals surface area (Å²) in [5.41, 5.74) is 9.71.